The Morgan fingerprint density at radius 1 is 1.46 bits per heavy atom. The summed E-state index contributed by atoms with van der Waals surface area (Å²) in [6.07, 6.45) is 2.75. The molecule has 0 radical (unpaired) electrons. The third-order valence-corrected chi connectivity index (χ3v) is 2.35. The molecule has 0 aliphatic rings. The third-order valence-electron chi connectivity index (χ3n) is 1.66. The van der Waals surface area contributed by atoms with E-state index in [1.54, 1.807) is 0 Å². The Balaban J connectivity index is 3.63. The van der Waals surface area contributed by atoms with Crippen LogP contribution in [-0.4, -0.2) is 27.9 Å². The normalized spacial score (nSPS) is 10.5. The summed E-state index contributed by atoms with van der Waals surface area (Å²) >= 11 is 16.1. The molecule has 0 aliphatic carbocycles. The van der Waals surface area contributed by atoms with E-state index in [-0.39, 0.29) is 4.84 Å². The quantitative estimate of drug-likeness (QED) is 0.574. The van der Waals surface area contributed by atoms with Crippen molar-refractivity contribution in [1.82, 2.24) is 4.90 Å². The molecule has 0 heterocycles. The van der Waals surface area contributed by atoms with Gasteiger partial charge in [-0.25, -0.2) is 0 Å². The Kier molecular flexibility index (Phi) is 7.81. The van der Waals surface area contributed by atoms with Gasteiger partial charge in [0.25, 0.3) is 0 Å². The van der Waals surface area contributed by atoms with Crippen LogP contribution in [0.5, 0.6) is 0 Å². The first-order valence-corrected chi connectivity index (χ1v) is 5.68. The lowest BCUT2D eigenvalue weighted by molar-refractivity contribution is 0.409. The van der Waals surface area contributed by atoms with Gasteiger partial charge in [-0.1, -0.05) is 6.92 Å². The number of rotatable bonds is 6. The summed E-state index contributed by atoms with van der Waals surface area (Å²) < 4.78 is 0. The first-order valence-electron chi connectivity index (χ1n) is 4.40. The minimum atomic E-state index is -0.283. The fraction of sp³-hybridized carbons (Fsp3) is 0.875. The van der Waals surface area contributed by atoms with E-state index in [9.17, 15) is 0 Å². The second-order valence-electron chi connectivity index (χ2n) is 2.86. The van der Waals surface area contributed by atoms with E-state index in [1.807, 2.05) is 4.90 Å². The van der Waals surface area contributed by atoms with Gasteiger partial charge in [0, 0.05) is 13.1 Å². The molecule has 0 atom stereocenters. The van der Waals surface area contributed by atoms with Gasteiger partial charge in [-0.2, -0.15) is 0 Å². The molecule has 0 aliphatic heterocycles. The van der Waals surface area contributed by atoms with Crippen LogP contribution in [0.1, 0.15) is 26.2 Å². The highest BCUT2D eigenvalue weighted by Crippen LogP contribution is 2.10. The van der Waals surface area contributed by atoms with E-state index in [1.165, 1.54) is 0 Å². The fourth-order valence-corrected chi connectivity index (χ4v) is 1.53. The fourth-order valence-electron chi connectivity index (χ4n) is 1.04. The molecular formula is C8H16Cl2N2S. The van der Waals surface area contributed by atoms with Crippen molar-refractivity contribution in [2.45, 2.75) is 31.0 Å². The molecule has 0 amide bonds. The molecule has 2 nitrogen and oxygen atoms in total. The van der Waals surface area contributed by atoms with Gasteiger partial charge in [0.05, 0.1) is 0 Å². The molecule has 0 aromatic carbocycles. The number of alkyl halides is 2. The zero-order valence-electron chi connectivity index (χ0n) is 7.80. The molecule has 2 N–H and O–H groups in total. The Morgan fingerprint density at radius 3 is 2.46 bits per heavy atom. The lowest BCUT2D eigenvalue weighted by Gasteiger charge is -2.21. The van der Waals surface area contributed by atoms with Gasteiger partial charge in [-0.15, -0.1) is 23.2 Å². The monoisotopic (exact) mass is 242 g/mol. The molecule has 0 unspecified atom stereocenters. The molecule has 78 valence electrons. The van der Waals surface area contributed by atoms with Crippen molar-refractivity contribution in [1.29, 1.82) is 0 Å². The van der Waals surface area contributed by atoms with Crippen molar-refractivity contribution in [3.05, 3.63) is 0 Å². The molecule has 0 aromatic rings. The minimum absolute atomic E-state index is 0.283. The summed E-state index contributed by atoms with van der Waals surface area (Å²) in [5.74, 6) is 0. The van der Waals surface area contributed by atoms with Crippen LogP contribution in [0.4, 0.5) is 0 Å². The van der Waals surface area contributed by atoms with Crippen LogP contribution >= 0.6 is 35.4 Å². The first kappa shape index (κ1) is 13.3. The van der Waals surface area contributed by atoms with E-state index in [0.717, 1.165) is 32.4 Å². The molecule has 0 rings (SSSR count). The molecule has 13 heavy (non-hydrogen) atoms. The van der Waals surface area contributed by atoms with Gasteiger partial charge in [0.15, 0.2) is 5.11 Å². The van der Waals surface area contributed by atoms with Crippen LogP contribution in [0, 0.1) is 0 Å². The summed E-state index contributed by atoms with van der Waals surface area (Å²) in [5.41, 5.74) is 5.53. The molecule has 0 saturated heterocycles. The van der Waals surface area contributed by atoms with Gasteiger partial charge in [-0.05, 0) is 31.5 Å². The SMILES string of the molecule is CCCN(CCCC(Cl)Cl)C(N)=S. The molecule has 0 fully saturated rings. The number of thiocarbonyl (C=S) groups is 1. The molecule has 0 bridgehead atoms. The summed E-state index contributed by atoms with van der Waals surface area (Å²) in [6, 6.07) is 0. The van der Waals surface area contributed by atoms with Crippen LogP contribution in [0.25, 0.3) is 0 Å². The van der Waals surface area contributed by atoms with Gasteiger partial charge in [-0.3, -0.25) is 0 Å². The van der Waals surface area contributed by atoms with E-state index in [0.29, 0.717) is 5.11 Å². The average molecular weight is 243 g/mol. The van der Waals surface area contributed by atoms with Crippen LogP contribution in [0.15, 0.2) is 0 Å². The smallest absolute Gasteiger partial charge is 0.166 e. The van der Waals surface area contributed by atoms with Gasteiger partial charge < -0.3 is 10.6 Å². The van der Waals surface area contributed by atoms with Crippen molar-refractivity contribution < 1.29 is 0 Å². The van der Waals surface area contributed by atoms with E-state index >= 15 is 0 Å². The standard InChI is InChI=1S/C8H16Cl2N2S/c1-2-5-12(8(11)13)6-3-4-7(9)10/h7H,2-6H2,1H3,(H2,11,13). The zero-order valence-corrected chi connectivity index (χ0v) is 10.1. The number of nitrogens with two attached hydrogens (primary N) is 1. The van der Waals surface area contributed by atoms with Crippen LogP contribution in [0.2, 0.25) is 0 Å². The van der Waals surface area contributed by atoms with Gasteiger partial charge in [0.2, 0.25) is 0 Å². The van der Waals surface area contributed by atoms with Crippen LogP contribution in [0.3, 0.4) is 0 Å². The summed E-state index contributed by atoms with van der Waals surface area (Å²) in [7, 11) is 0. The predicted octanol–water partition coefficient (Wildman–Crippen LogP) is 2.53. The summed E-state index contributed by atoms with van der Waals surface area (Å²) in [5, 5.41) is 0.461. The Hall–Kier alpha value is 0.270. The molecule has 0 aromatic heterocycles. The average Bonchev–Trinajstić information content (AvgIpc) is 2.02. The number of hydrogen-bond donors (Lipinski definition) is 1. The van der Waals surface area contributed by atoms with E-state index < -0.39 is 0 Å². The maximum atomic E-state index is 5.60. The Labute approximate surface area is 95.4 Å². The molecule has 5 heteroatoms. The highest BCUT2D eigenvalue weighted by Gasteiger charge is 2.05. The predicted molar refractivity (Wildman–Crippen MR) is 63.4 cm³/mol. The maximum absolute atomic E-state index is 5.60. The minimum Gasteiger partial charge on any atom is -0.376 e. The largest absolute Gasteiger partial charge is 0.376 e. The second kappa shape index (κ2) is 7.65. The zero-order chi connectivity index (χ0) is 10.3. The topological polar surface area (TPSA) is 29.3 Å². The van der Waals surface area contributed by atoms with Gasteiger partial charge in [0.1, 0.15) is 4.84 Å². The number of halogens is 2. The first-order chi connectivity index (χ1) is 6.07. The van der Waals surface area contributed by atoms with Crippen LogP contribution < -0.4 is 5.73 Å². The molecular weight excluding hydrogens is 227 g/mol. The second-order valence-corrected chi connectivity index (χ2v) is 4.55. The van der Waals surface area contributed by atoms with E-state index in [4.69, 9.17) is 41.2 Å². The number of hydrogen-bond acceptors (Lipinski definition) is 1. The maximum Gasteiger partial charge on any atom is 0.166 e. The van der Waals surface area contributed by atoms with Crippen molar-refractivity contribution in [2.75, 3.05) is 13.1 Å². The lowest BCUT2D eigenvalue weighted by Crippen LogP contribution is -2.36. The summed E-state index contributed by atoms with van der Waals surface area (Å²) in [6.45, 7) is 3.85. The Morgan fingerprint density at radius 2 is 2.08 bits per heavy atom. The molecule has 0 spiro atoms. The van der Waals surface area contributed by atoms with E-state index in [2.05, 4.69) is 6.92 Å². The van der Waals surface area contributed by atoms with Gasteiger partial charge >= 0.3 is 0 Å². The van der Waals surface area contributed by atoms with Crippen molar-refractivity contribution >= 4 is 40.5 Å². The lowest BCUT2D eigenvalue weighted by atomic mass is 10.3. The highest BCUT2D eigenvalue weighted by atomic mass is 35.5. The molecule has 0 saturated carbocycles. The van der Waals surface area contributed by atoms with Crippen molar-refractivity contribution in [3.8, 4) is 0 Å². The summed E-state index contributed by atoms with van der Waals surface area (Å²) in [4.78, 5) is 1.70. The van der Waals surface area contributed by atoms with Crippen LogP contribution in [-0.2, 0) is 0 Å². The highest BCUT2D eigenvalue weighted by molar-refractivity contribution is 7.80. The Bertz CT molecular complexity index is 153. The van der Waals surface area contributed by atoms with Crippen molar-refractivity contribution in [2.24, 2.45) is 5.73 Å². The number of nitrogens with zero attached hydrogens (tertiary/aromatic N) is 1. The third kappa shape index (κ3) is 7.35. The van der Waals surface area contributed by atoms with Crippen molar-refractivity contribution in [3.63, 3.8) is 0 Å².